The summed E-state index contributed by atoms with van der Waals surface area (Å²) < 4.78 is 14.2. The van der Waals surface area contributed by atoms with E-state index in [1.165, 1.54) is 4.90 Å². The number of ether oxygens (including phenoxy) is 2. The van der Waals surface area contributed by atoms with Crippen molar-refractivity contribution in [3.05, 3.63) is 81.8 Å². The molecule has 0 saturated carbocycles. The highest BCUT2D eigenvalue weighted by atomic mass is 16.5. The number of esters is 1. The molecule has 0 radical (unpaired) electrons. The number of hydrogen-bond donors (Lipinski definition) is 2. The summed E-state index contributed by atoms with van der Waals surface area (Å²) in [6, 6.07) is 13.9. The van der Waals surface area contributed by atoms with Gasteiger partial charge in [-0.25, -0.2) is 4.98 Å². The second-order valence-corrected chi connectivity index (χ2v) is 11.7. The standard InChI is InChI=1S/C34H38N8O6/c1-4-48-31(44)17-36-30(43)21-41(34(46)25-6-8-27(9-7-25)38-39-35)18-24-5-10-28-29(16-24)42(19-23-11-13-47-14-12-23)32(37-28)26-15-22(2)33(45)40(3)20-26/h5-10,15-16,20,23,35H,4,11-14,17-19,21H2,1-3H3/p+1. The summed E-state index contributed by atoms with van der Waals surface area (Å²) in [5.41, 5.74) is 11.4. The van der Waals surface area contributed by atoms with Crippen LogP contribution in [0.25, 0.3) is 22.4 Å². The third kappa shape index (κ3) is 8.08. The van der Waals surface area contributed by atoms with Gasteiger partial charge in [0.25, 0.3) is 11.5 Å². The molecule has 1 aliphatic rings. The summed E-state index contributed by atoms with van der Waals surface area (Å²) in [5, 5.41) is 6.20. The van der Waals surface area contributed by atoms with Gasteiger partial charge in [0, 0.05) is 56.2 Å². The Morgan fingerprint density at radius 2 is 1.90 bits per heavy atom. The van der Waals surface area contributed by atoms with Crippen LogP contribution in [0.3, 0.4) is 0 Å². The molecule has 1 fully saturated rings. The van der Waals surface area contributed by atoms with E-state index < -0.39 is 17.8 Å². The fourth-order valence-electron chi connectivity index (χ4n) is 5.80. The number of benzene rings is 2. The van der Waals surface area contributed by atoms with Crippen LogP contribution in [0.15, 0.2) is 64.6 Å². The van der Waals surface area contributed by atoms with Crippen LogP contribution in [-0.4, -0.2) is 69.7 Å². The summed E-state index contributed by atoms with van der Waals surface area (Å²) in [5.74, 6) is -0.396. The number of carbonyl (C=O) groups is 3. The van der Waals surface area contributed by atoms with E-state index in [0.29, 0.717) is 42.5 Å². The number of fused-ring (bicyclic) bond motifs is 1. The van der Waals surface area contributed by atoms with Gasteiger partial charge in [-0.05, 0) is 80.6 Å². The molecule has 5 rings (SSSR count). The van der Waals surface area contributed by atoms with Gasteiger partial charge in [0.15, 0.2) is 10.8 Å². The van der Waals surface area contributed by atoms with E-state index >= 15 is 0 Å². The molecule has 0 bridgehead atoms. The maximum Gasteiger partial charge on any atom is 0.325 e. The molecule has 2 amide bonds. The maximum absolute atomic E-state index is 13.8. The predicted molar refractivity (Wildman–Crippen MR) is 176 cm³/mol. The van der Waals surface area contributed by atoms with Crippen molar-refractivity contribution in [2.24, 2.45) is 18.1 Å². The summed E-state index contributed by atoms with van der Waals surface area (Å²) in [6.45, 7) is 5.20. The fourth-order valence-corrected chi connectivity index (χ4v) is 5.80. The number of nitrogens with zero attached hydrogens (tertiary/aromatic N) is 6. The lowest BCUT2D eigenvalue weighted by Crippen LogP contribution is -2.42. The largest absolute Gasteiger partial charge is 0.465 e. The molecule has 3 heterocycles. The van der Waals surface area contributed by atoms with Crippen LogP contribution in [0.1, 0.15) is 41.3 Å². The van der Waals surface area contributed by atoms with Gasteiger partial charge in [-0.1, -0.05) is 6.07 Å². The number of aryl methyl sites for hydroxylation is 2. The smallest absolute Gasteiger partial charge is 0.325 e. The minimum Gasteiger partial charge on any atom is -0.465 e. The first-order valence-electron chi connectivity index (χ1n) is 15.8. The summed E-state index contributed by atoms with van der Waals surface area (Å²) in [4.78, 5) is 60.5. The van der Waals surface area contributed by atoms with Gasteiger partial charge >= 0.3 is 5.97 Å². The third-order valence-electron chi connectivity index (χ3n) is 8.22. The molecular formula is C34H39N8O6+. The van der Waals surface area contributed by atoms with Gasteiger partial charge in [0.05, 0.1) is 17.6 Å². The van der Waals surface area contributed by atoms with Gasteiger partial charge in [-0.15, -0.1) is 0 Å². The number of rotatable bonds is 12. The second kappa shape index (κ2) is 15.4. The van der Waals surface area contributed by atoms with Gasteiger partial charge in [0.1, 0.15) is 24.4 Å². The monoisotopic (exact) mass is 655 g/mol. The maximum atomic E-state index is 13.8. The molecule has 0 unspecified atom stereocenters. The van der Waals surface area contributed by atoms with Gasteiger partial charge in [-0.2, -0.15) is 0 Å². The van der Waals surface area contributed by atoms with Gasteiger partial charge in [-0.3, -0.25) is 19.2 Å². The van der Waals surface area contributed by atoms with E-state index in [1.807, 2.05) is 24.3 Å². The molecule has 2 aromatic carbocycles. The Bertz CT molecular complexity index is 1890. The van der Waals surface area contributed by atoms with Gasteiger partial charge < -0.3 is 28.8 Å². The fraction of sp³-hybridized carbons (Fsp3) is 0.382. The Hall–Kier alpha value is -5.46. The van der Waals surface area contributed by atoms with Crippen LogP contribution in [0.5, 0.6) is 0 Å². The molecule has 1 saturated heterocycles. The molecule has 0 aliphatic carbocycles. The van der Waals surface area contributed by atoms with E-state index in [-0.39, 0.29) is 31.8 Å². The quantitative estimate of drug-likeness (QED) is 0.133. The van der Waals surface area contributed by atoms with Crippen LogP contribution in [0.2, 0.25) is 0 Å². The third-order valence-corrected chi connectivity index (χ3v) is 8.22. The summed E-state index contributed by atoms with van der Waals surface area (Å²) in [6.07, 6.45) is 3.62. The molecule has 48 heavy (non-hydrogen) atoms. The first-order chi connectivity index (χ1) is 23.2. The van der Waals surface area contributed by atoms with E-state index in [0.717, 1.165) is 40.8 Å². The summed E-state index contributed by atoms with van der Waals surface area (Å²) in [7, 11) is 1.73. The average Bonchev–Trinajstić information content (AvgIpc) is 3.43. The van der Waals surface area contributed by atoms with Crippen molar-refractivity contribution in [3.8, 4) is 11.4 Å². The topological polar surface area (TPSA) is 175 Å². The molecule has 0 spiro atoms. The number of carbonyl (C=O) groups excluding carboxylic acids is 3. The Kier molecular flexibility index (Phi) is 10.9. The number of aromatic nitrogens is 3. The molecule has 4 aromatic rings. The predicted octanol–water partition coefficient (Wildman–Crippen LogP) is 3.64. The molecule has 250 valence electrons. The van der Waals surface area contributed by atoms with Gasteiger partial charge in [0.2, 0.25) is 10.8 Å². The van der Waals surface area contributed by atoms with Crippen LogP contribution < -0.4 is 15.8 Å². The van der Waals surface area contributed by atoms with Crippen molar-refractivity contribution in [1.29, 1.82) is 5.53 Å². The lowest BCUT2D eigenvalue weighted by Gasteiger charge is -2.24. The van der Waals surface area contributed by atoms with Crippen LogP contribution in [-0.2, 0) is 39.2 Å². The average molecular weight is 656 g/mol. The number of amides is 2. The van der Waals surface area contributed by atoms with Crippen molar-refractivity contribution in [2.45, 2.75) is 39.8 Å². The Morgan fingerprint density at radius 3 is 2.58 bits per heavy atom. The Morgan fingerprint density at radius 1 is 1.15 bits per heavy atom. The van der Waals surface area contributed by atoms with E-state index in [9.17, 15) is 19.2 Å². The zero-order chi connectivity index (χ0) is 34.2. The number of nitrogens with one attached hydrogen (secondary N) is 2. The minimum absolute atomic E-state index is 0.0698. The molecule has 14 nitrogen and oxygen atoms in total. The van der Waals surface area contributed by atoms with E-state index in [4.69, 9.17) is 20.0 Å². The zero-order valence-corrected chi connectivity index (χ0v) is 27.3. The lowest BCUT2D eigenvalue weighted by atomic mass is 10.00. The van der Waals surface area contributed by atoms with Crippen LogP contribution in [0, 0.1) is 18.4 Å². The lowest BCUT2D eigenvalue weighted by molar-refractivity contribution is -0.143. The van der Waals surface area contributed by atoms with Crippen molar-refractivity contribution in [3.63, 3.8) is 0 Å². The van der Waals surface area contributed by atoms with Crippen LogP contribution in [0.4, 0.5) is 5.69 Å². The Balaban J connectivity index is 1.50. The highest BCUT2D eigenvalue weighted by molar-refractivity contribution is 5.97. The molecule has 2 N–H and O–H groups in total. The second-order valence-electron chi connectivity index (χ2n) is 11.7. The first kappa shape index (κ1) is 33.9. The molecule has 0 atom stereocenters. The van der Waals surface area contributed by atoms with Crippen LogP contribution >= 0.6 is 0 Å². The van der Waals surface area contributed by atoms with Crippen molar-refractivity contribution < 1.29 is 23.9 Å². The van der Waals surface area contributed by atoms with Crippen molar-refractivity contribution in [2.75, 3.05) is 32.9 Å². The van der Waals surface area contributed by atoms with E-state index in [1.54, 1.807) is 55.9 Å². The molecular weight excluding hydrogens is 616 g/mol. The Labute approximate surface area is 276 Å². The highest BCUT2D eigenvalue weighted by Gasteiger charge is 2.23. The minimum atomic E-state index is -0.574. The van der Waals surface area contributed by atoms with E-state index in [2.05, 4.69) is 19.9 Å². The molecule has 14 heteroatoms. The molecule has 2 aromatic heterocycles. The first-order valence-corrected chi connectivity index (χ1v) is 15.8. The number of pyridine rings is 1. The summed E-state index contributed by atoms with van der Waals surface area (Å²) >= 11 is 0. The van der Waals surface area contributed by atoms with Crippen molar-refractivity contribution >= 4 is 34.5 Å². The zero-order valence-electron chi connectivity index (χ0n) is 27.3. The number of hydrogen-bond acceptors (Lipinski definition) is 9. The number of imidazole rings is 1. The van der Waals surface area contributed by atoms with Crippen molar-refractivity contribution in [1.82, 2.24) is 29.2 Å². The normalized spacial score (nSPS) is 13.1. The highest BCUT2D eigenvalue weighted by Crippen LogP contribution is 2.29. The SMILES string of the molecule is CCOC(=O)CNC(=O)CN(Cc1ccc2nc(-c3cc(C)c(=O)n(C)c3)n(CC3CCOCC3)c2c1)C(=O)c1ccc(N=[N+]=N)cc1. The molecule has 1 aliphatic heterocycles.